The highest BCUT2D eigenvalue weighted by Gasteiger charge is 2.17. The first-order valence-electron chi connectivity index (χ1n) is 8.18. The minimum Gasteiger partial charge on any atom is -0.497 e. The summed E-state index contributed by atoms with van der Waals surface area (Å²) in [5, 5.41) is 11.9. The Balaban J connectivity index is 1.56. The van der Waals surface area contributed by atoms with Crippen molar-refractivity contribution in [3.05, 3.63) is 53.2 Å². The van der Waals surface area contributed by atoms with Crippen LogP contribution in [0.15, 0.2) is 30.3 Å². The molecule has 1 amide bonds. The van der Waals surface area contributed by atoms with Gasteiger partial charge in [0.25, 0.3) is 11.7 Å². The summed E-state index contributed by atoms with van der Waals surface area (Å²) in [5.74, 6) is 1.14. The lowest BCUT2D eigenvalue weighted by Gasteiger charge is -2.05. The molecule has 1 aromatic carbocycles. The Morgan fingerprint density at radius 1 is 1.23 bits per heavy atom. The van der Waals surface area contributed by atoms with Crippen molar-refractivity contribution in [2.75, 3.05) is 7.11 Å². The summed E-state index contributed by atoms with van der Waals surface area (Å²) < 4.78 is 6.88. The van der Waals surface area contributed by atoms with Crippen molar-refractivity contribution in [1.82, 2.24) is 29.9 Å². The normalized spacial score (nSPS) is 11.2. The van der Waals surface area contributed by atoms with Crippen molar-refractivity contribution in [3.8, 4) is 5.75 Å². The van der Waals surface area contributed by atoms with Gasteiger partial charge >= 0.3 is 0 Å². The van der Waals surface area contributed by atoms with Crippen molar-refractivity contribution in [3.63, 3.8) is 0 Å². The zero-order valence-electron chi connectivity index (χ0n) is 14.7. The molecule has 3 heterocycles. The molecule has 132 valence electrons. The molecule has 3 aromatic heterocycles. The summed E-state index contributed by atoms with van der Waals surface area (Å²) in [6.45, 7) is 4.13. The Kier molecular flexibility index (Phi) is 3.80. The predicted octanol–water partition coefficient (Wildman–Crippen LogP) is 2.16. The number of ether oxygens (including phenoxy) is 1. The number of nitrogens with one attached hydrogen (secondary N) is 2. The summed E-state index contributed by atoms with van der Waals surface area (Å²) in [7, 11) is 1.64. The molecular formula is C18H18N6O2. The molecule has 0 spiro atoms. The molecule has 0 fully saturated rings. The number of carbonyl (C=O) groups is 1. The highest BCUT2D eigenvalue weighted by molar-refractivity contribution is 5.91. The van der Waals surface area contributed by atoms with Gasteiger partial charge in [0, 0.05) is 28.0 Å². The van der Waals surface area contributed by atoms with Crippen LogP contribution in [0.1, 0.15) is 27.7 Å². The maximum atomic E-state index is 12.5. The van der Waals surface area contributed by atoms with Gasteiger partial charge in [-0.1, -0.05) is 0 Å². The van der Waals surface area contributed by atoms with E-state index in [1.807, 2.05) is 44.2 Å². The van der Waals surface area contributed by atoms with Gasteiger partial charge < -0.3 is 15.0 Å². The lowest BCUT2D eigenvalue weighted by Crippen LogP contribution is -2.25. The largest absolute Gasteiger partial charge is 0.497 e. The summed E-state index contributed by atoms with van der Waals surface area (Å²) >= 11 is 0. The summed E-state index contributed by atoms with van der Waals surface area (Å²) in [6, 6.07) is 9.65. The van der Waals surface area contributed by atoms with E-state index >= 15 is 0 Å². The predicted molar refractivity (Wildman–Crippen MR) is 96.3 cm³/mol. The van der Waals surface area contributed by atoms with Crippen LogP contribution >= 0.6 is 0 Å². The van der Waals surface area contributed by atoms with Crippen LogP contribution in [0.2, 0.25) is 0 Å². The van der Waals surface area contributed by atoms with E-state index in [4.69, 9.17) is 4.74 Å². The number of fused-ring (bicyclic) bond motifs is 2. The van der Waals surface area contributed by atoms with E-state index in [0.717, 1.165) is 33.7 Å². The van der Waals surface area contributed by atoms with Gasteiger partial charge in [-0.05, 0) is 44.2 Å². The number of aryl methyl sites for hydroxylation is 2. The SMILES string of the molecule is COc1ccc2[nH]c(CNC(=O)c3nnc4nc(C)cc(C)n34)cc2c1. The van der Waals surface area contributed by atoms with Crippen molar-refractivity contribution in [2.24, 2.45) is 0 Å². The maximum absolute atomic E-state index is 12.5. The van der Waals surface area contributed by atoms with E-state index < -0.39 is 0 Å². The Morgan fingerprint density at radius 3 is 2.88 bits per heavy atom. The fraction of sp³-hybridized carbons (Fsp3) is 0.222. The highest BCUT2D eigenvalue weighted by atomic mass is 16.5. The number of nitrogens with zero attached hydrogens (tertiary/aromatic N) is 4. The topological polar surface area (TPSA) is 97.2 Å². The number of rotatable bonds is 4. The number of H-pyrrole nitrogens is 1. The first-order valence-corrected chi connectivity index (χ1v) is 8.18. The molecule has 26 heavy (non-hydrogen) atoms. The number of aromatic nitrogens is 5. The van der Waals surface area contributed by atoms with Crippen LogP contribution in [-0.4, -0.2) is 37.6 Å². The first kappa shape index (κ1) is 16.1. The van der Waals surface area contributed by atoms with Crippen LogP contribution in [0.3, 0.4) is 0 Å². The van der Waals surface area contributed by atoms with Gasteiger partial charge in [-0.2, -0.15) is 0 Å². The quantitative estimate of drug-likeness (QED) is 0.588. The van der Waals surface area contributed by atoms with Crippen molar-refractivity contribution >= 4 is 22.6 Å². The molecule has 0 atom stereocenters. The number of benzene rings is 1. The number of amides is 1. The number of carbonyl (C=O) groups excluding carboxylic acids is 1. The van der Waals surface area contributed by atoms with Gasteiger partial charge in [0.2, 0.25) is 5.82 Å². The standard InChI is InChI=1S/C18H18N6O2/c1-10-6-11(2)24-16(22-23-18(24)20-10)17(25)19-9-13-7-12-8-14(26-3)4-5-15(12)21-13/h4-8,21H,9H2,1-3H3,(H,19,25). The first-order chi connectivity index (χ1) is 12.5. The van der Waals surface area contributed by atoms with Crippen molar-refractivity contribution < 1.29 is 9.53 Å². The molecule has 0 aliphatic carbocycles. The lowest BCUT2D eigenvalue weighted by molar-refractivity contribution is 0.0938. The van der Waals surface area contributed by atoms with Gasteiger partial charge in [0.1, 0.15) is 5.75 Å². The van der Waals surface area contributed by atoms with E-state index in [1.165, 1.54) is 0 Å². The smallest absolute Gasteiger partial charge is 0.289 e. The second-order valence-corrected chi connectivity index (χ2v) is 6.13. The molecule has 0 unspecified atom stereocenters. The van der Waals surface area contributed by atoms with Gasteiger partial charge in [-0.15, -0.1) is 10.2 Å². The van der Waals surface area contributed by atoms with Gasteiger partial charge in [0.05, 0.1) is 13.7 Å². The Labute approximate surface area is 149 Å². The fourth-order valence-electron chi connectivity index (χ4n) is 3.02. The molecule has 0 radical (unpaired) electrons. The Morgan fingerprint density at radius 2 is 2.08 bits per heavy atom. The molecule has 0 aliphatic heterocycles. The number of aromatic amines is 1. The van der Waals surface area contributed by atoms with Crippen LogP contribution in [-0.2, 0) is 6.54 Å². The summed E-state index contributed by atoms with van der Waals surface area (Å²) in [5.41, 5.74) is 3.57. The van der Waals surface area contributed by atoms with Gasteiger partial charge in [-0.25, -0.2) is 4.98 Å². The van der Waals surface area contributed by atoms with Crippen LogP contribution in [0, 0.1) is 13.8 Å². The van der Waals surface area contributed by atoms with Gasteiger partial charge in [0.15, 0.2) is 0 Å². The molecule has 8 heteroatoms. The molecule has 0 aliphatic rings. The number of methoxy groups -OCH3 is 1. The highest BCUT2D eigenvalue weighted by Crippen LogP contribution is 2.21. The molecule has 0 saturated heterocycles. The number of hydrogen-bond donors (Lipinski definition) is 2. The third-order valence-corrected chi connectivity index (χ3v) is 4.22. The fourth-order valence-corrected chi connectivity index (χ4v) is 3.02. The Bertz CT molecular complexity index is 1130. The maximum Gasteiger partial charge on any atom is 0.289 e. The van der Waals surface area contributed by atoms with E-state index in [-0.39, 0.29) is 11.7 Å². The van der Waals surface area contributed by atoms with Crippen LogP contribution in [0.5, 0.6) is 5.75 Å². The molecule has 0 saturated carbocycles. The van der Waals surface area contributed by atoms with E-state index in [2.05, 4.69) is 25.5 Å². The molecule has 2 N–H and O–H groups in total. The van der Waals surface area contributed by atoms with Crippen LogP contribution < -0.4 is 10.1 Å². The molecule has 4 rings (SSSR count). The minimum absolute atomic E-state index is 0.225. The van der Waals surface area contributed by atoms with E-state index in [0.29, 0.717) is 12.3 Å². The average Bonchev–Trinajstić information content (AvgIpc) is 3.22. The van der Waals surface area contributed by atoms with E-state index in [1.54, 1.807) is 11.5 Å². The average molecular weight is 350 g/mol. The minimum atomic E-state index is -0.303. The molecule has 8 nitrogen and oxygen atoms in total. The van der Waals surface area contributed by atoms with Crippen molar-refractivity contribution in [1.29, 1.82) is 0 Å². The molecular weight excluding hydrogens is 332 g/mol. The van der Waals surface area contributed by atoms with E-state index in [9.17, 15) is 4.79 Å². The van der Waals surface area contributed by atoms with Gasteiger partial charge in [-0.3, -0.25) is 9.20 Å². The van der Waals surface area contributed by atoms with Crippen LogP contribution in [0.4, 0.5) is 0 Å². The monoisotopic (exact) mass is 350 g/mol. The zero-order valence-corrected chi connectivity index (χ0v) is 14.7. The Hall–Kier alpha value is -3.42. The van der Waals surface area contributed by atoms with Crippen molar-refractivity contribution in [2.45, 2.75) is 20.4 Å². The number of hydrogen-bond acceptors (Lipinski definition) is 5. The molecule has 0 bridgehead atoms. The third kappa shape index (κ3) is 2.75. The second-order valence-electron chi connectivity index (χ2n) is 6.13. The zero-order chi connectivity index (χ0) is 18.3. The third-order valence-electron chi connectivity index (χ3n) is 4.22. The van der Waals surface area contributed by atoms with Crippen LogP contribution in [0.25, 0.3) is 16.7 Å². The lowest BCUT2D eigenvalue weighted by atomic mass is 10.2. The molecule has 4 aromatic rings. The second kappa shape index (κ2) is 6.14. The summed E-state index contributed by atoms with van der Waals surface area (Å²) in [6.07, 6.45) is 0. The summed E-state index contributed by atoms with van der Waals surface area (Å²) in [4.78, 5) is 20.1.